The van der Waals surface area contributed by atoms with Crippen molar-refractivity contribution in [3.05, 3.63) is 28.4 Å². The summed E-state index contributed by atoms with van der Waals surface area (Å²) in [6.45, 7) is 6.53. The maximum Gasteiger partial charge on any atom is 0.420 e. The molecule has 0 aliphatic heterocycles. The minimum Gasteiger partial charge on any atom is -0.406 e. The van der Waals surface area contributed by atoms with Gasteiger partial charge in [-0.05, 0) is 0 Å². The van der Waals surface area contributed by atoms with Crippen molar-refractivity contribution in [3.8, 4) is 11.5 Å². The molecule has 0 saturated carbocycles. The highest BCUT2D eigenvalue weighted by Gasteiger charge is 2.09. The van der Waals surface area contributed by atoms with Crippen LogP contribution in [0.3, 0.4) is 0 Å². The molecule has 0 fully saturated rings. The lowest BCUT2D eigenvalue weighted by Gasteiger charge is -2.03. The minimum atomic E-state index is -1.40. The topological polar surface area (TPSA) is 48.0 Å². The van der Waals surface area contributed by atoms with E-state index < -0.39 is 13.8 Å². The van der Waals surface area contributed by atoms with Crippen molar-refractivity contribution < 1.29 is 4.42 Å². The molecule has 0 aliphatic rings. The van der Waals surface area contributed by atoms with E-state index >= 15 is 0 Å². The van der Waals surface area contributed by atoms with E-state index in [1.165, 1.54) is 4.57 Å². The molecule has 2 heterocycles. The Labute approximate surface area is 100 Å². The zero-order valence-electron chi connectivity index (χ0n) is 10.4. The summed E-state index contributed by atoms with van der Waals surface area (Å²) in [6, 6.07) is 1.76. The Hall–Kier alpha value is -1.80. The number of oxazole rings is 1. The summed E-state index contributed by atoms with van der Waals surface area (Å²) < 4.78 is 6.44. The van der Waals surface area contributed by atoms with Crippen LogP contribution in [0.5, 0.6) is 0 Å². The normalized spacial score (nSPS) is 11.3. The number of hydrogen-bond acceptors (Lipinski definition) is 3. The fourth-order valence-corrected chi connectivity index (χ4v) is 1.86. The van der Waals surface area contributed by atoms with Gasteiger partial charge in [-0.25, -0.2) is 9.78 Å². The molecule has 0 spiro atoms. The molecule has 0 aliphatic carbocycles. The van der Waals surface area contributed by atoms with Crippen molar-refractivity contribution in [1.82, 2.24) is 9.55 Å². The van der Waals surface area contributed by atoms with Gasteiger partial charge in [0.1, 0.15) is 8.07 Å². The van der Waals surface area contributed by atoms with Crippen molar-refractivity contribution in [3.63, 3.8) is 0 Å². The van der Waals surface area contributed by atoms with Crippen molar-refractivity contribution in [2.24, 2.45) is 7.05 Å². The Morgan fingerprint density at radius 2 is 2.12 bits per heavy atom. The summed E-state index contributed by atoms with van der Waals surface area (Å²) in [5.74, 6) is 2.68. The molecule has 17 heavy (non-hydrogen) atoms. The van der Waals surface area contributed by atoms with Gasteiger partial charge in [-0.1, -0.05) is 25.6 Å². The number of nitrogens with zero attached hydrogens (tertiary/aromatic N) is 2. The quantitative estimate of drug-likeness (QED) is 0.525. The zero-order chi connectivity index (χ0) is 12.6. The third kappa shape index (κ3) is 2.48. The molecule has 2 aromatic rings. The van der Waals surface area contributed by atoms with Crippen LogP contribution in [-0.2, 0) is 7.05 Å². The number of hydrogen-bond donors (Lipinski definition) is 0. The molecular weight excluding hydrogens is 232 g/mol. The number of aromatic nitrogens is 2. The van der Waals surface area contributed by atoms with E-state index in [1.54, 1.807) is 19.3 Å². The van der Waals surface area contributed by atoms with E-state index in [2.05, 4.69) is 36.1 Å². The van der Waals surface area contributed by atoms with Crippen molar-refractivity contribution in [2.75, 3.05) is 0 Å². The Bertz CT molecular complexity index is 680. The second-order valence-electron chi connectivity index (χ2n) is 4.97. The summed E-state index contributed by atoms with van der Waals surface area (Å²) in [7, 11) is 0.234. The van der Waals surface area contributed by atoms with Gasteiger partial charge in [0.2, 0.25) is 0 Å². The summed E-state index contributed by atoms with van der Waals surface area (Å²) >= 11 is 0. The Balaban J connectivity index is 2.52. The summed E-state index contributed by atoms with van der Waals surface area (Å²) in [5.41, 5.74) is 5.07. The predicted molar refractivity (Wildman–Crippen MR) is 69.5 cm³/mol. The van der Waals surface area contributed by atoms with Gasteiger partial charge >= 0.3 is 5.76 Å². The maximum absolute atomic E-state index is 11.3. The third-order valence-electron chi connectivity index (χ3n) is 2.20. The first-order chi connectivity index (χ1) is 7.87. The molecule has 5 heteroatoms. The highest BCUT2D eigenvalue weighted by Crippen LogP contribution is 2.10. The molecule has 0 aromatic carbocycles. The van der Waals surface area contributed by atoms with Crippen LogP contribution in [0.25, 0.3) is 11.2 Å². The zero-order valence-corrected chi connectivity index (χ0v) is 11.4. The lowest BCUT2D eigenvalue weighted by molar-refractivity contribution is 0.528. The second-order valence-corrected chi connectivity index (χ2v) is 9.72. The second kappa shape index (κ2) is 3.89. The molecule has 0 atom stereocenters. The molecule has 0 amide bonds. The molecule has 0 N–H and O–H groups in total. The van der Waals surface area contributed by atoms with E-state index in [0.29, 0.717) is 11.2 Å². The fraction of sp³-hybridized carbons (Fsp3) is 0.333. The van der Waals surface area contributed by atoms with Gasteiger partial charge in [-0.3, -0.25) is 4.57 Å². The van der Waals surface area contributed by atoms with Crippen molar-refractivity contribution in [1.29, 1.82) is 0 Å². The minimum absolute atomic E-state index is 0.400. The van der Waals surface area contributed by atoms with E-state index in [9.17, 15) is 4.79 Å². The van der Waals surface area contributed by atoms with Gasteiger partial charge in [0.15, 0.2) is 11.2 Å². The monoisotopic (exact) mass is 246 g/mol. The maximum atomic E-state index is 11.3. The number of aryl methyl sites for hydroxylation is 1. The molecule has 4 nitrogen and oxygen atoms in total. The van der Waals surface area contributed by atoms with Gasteiger partial charge in [-0.2, -0.15) is 0 Å². The Kier molecular flexibility index (Phi) is 2.67. The first kappa shape index (κ1) is 11.7. The van der Waals surface area contributed by atoms with Crippen LogP contribution in [0.2, 0.25) is 19.6 Å². The van der Waals surface area contributed by atoms with Crippen LogP contribution >= 0.6 is 0 Å². The standard InChI is InChI=1S/C12H14N2O2Si/c1-14-11-10(16-12(14)15)7-9(8-13-11)5-6-17(2,3)4/h7-8H,1-4H3. The van der Waals surface area contributed by atoms with E-state index in [-0.39, 0.29) is 0 Å². The number of pyridine rings is 1. The average molecular weight is 246 g/mol. The number of fused-ring (bicyclic) bond motifs is 1. The smallest absolute Gasteiger partial charge is 0.406 e. The van der Waals surface area contributed by atoms with Gasteiger partial charge in [0, 0.05) is 24.9 Å². The van der Waals surface area contributed by atoms with Crippen LogP contribution in [0.4, 0.5) is 0 Å². The van der Waals surface area contributed by atoms with Gasteiger partial charge in [0.25, 0.3) is 0 Å². The molecule has 0 unspecified atom stereocenters. The molecule has 88 valence electrons. The fourth-order valence-electron chi connectivity index (χ4n) is 1.34. The lowest BCUT2D eigenvalue weighted by Crippen LogP contribution is -2.16. The molecule has 2 aromatic heterocycles. The number of rotatable bonds is 0. The molecule has 2 rings (SSSR count). The SMILES string of the molecule is Cn1c(=O)oc2cc(C#C[Si](C)(C)C)cnc21. The summed E-state index contributed by atoms with van der Waals surface area (Å²) in [6.07, 6.45) is 1.67. The highest BCUT2D eigenvalue weighted by atomic mass is 28.3. The largest absolute Gasteiger partial charge is 0.420 e. The van der Waals surface area contributed by atoms with Gasteiger partial charge in [-0.15, -0.1) is 5.54 Å². The Morgan fingerprint density at radius 3 is 2.76 bits per heavy atom. The van der Waals surface area contributed by atoms with Crippen molar-refractivity contribution in [2.45, 2.75) is 19.6 Å². The lowest BCUT2D eigenvalue weighted by atomic mass is 10.3. The van der Waals surface area contributed by atoms with Gasteiger partial charge < -0.3 is 4.42 Å². The van der Waals surface area contributed by atoms with Crippen molar-refractivity contribution >= 4 is 19.3 Å². The molecular formula is C12H14N2O2Si. The summed E-state index contributed by atoms with van der Waals surface area (Å²) in [5, 5.41) is 0. The van der Waals surface area contributed by atoms with Crippen LogP contribution < -0.4 is 5.76 Å². The third-order valence-corrected chi connectivity index (χ3v) is 3.08. The van der Waals surface area contributed by atoms with E-state index in [1.807, 2.05) is 0 Å². The first-order valence-electron chi connectivity index (χ1n) is 5.35. The predicted octanol–water partition coefficient (Wildman–Crippen LogP) is 1.76. The van der Waals surface area contributed by atoms with Crippen LogP contribution in [0.15, 0.2) is 21.5 Å². The molecule has 0 saturated heterocycles. The first-order valence-corrected chi connectivity index (χ1v) is 8.85. The molecule has 0 radical (unpaired) electrons. The van der Waals surface area contributed by atoms with Crippen LogP contribution in [0, 0.1) is 11.5 Å². The molecule has 0 bridgehead atoms. The summed E-state index contributed by atoms with van der Waals surface area (Å²) in [4.78, 5) is 15.5. The Morgan fingerprint density at radius 1 is 1.41 bits per heavy atom. The highest BCUT2D eigenvalue weighted by molar-refractivity contribution is 6.83. The van der Waals surface area contributed by atoms with Crippen LogP contribution in [0.1, 0.15) is 5.56 Å². The average Bonchev–Trinajstić information content (AvgIpc) is 2.51. The van der Waals surface area contributed by atoms with Crippen LogP contribution in [-0.4, -0.2) is 17.6 Å². The van der Waals surface area contributed by atoms with Gasteiger partial charge in [0.05, 0.1) is 0 Å². The van der Waals surface area contributed by atoms with E-state index in [4.69, 9.17) is 4.42 Å². The van der Waals surface area contributed by atoms with E-state index in [0.717, 1.165) is 5.56 Å².